The maximum Gasteiger partial charge on any atom is 0.133 e. The number of aliphatic hydroxyl groups is 1. The highest BCUT2D eigenvalue weighted by molar-refractivity contribution is 5.76. The van der Waals surface area contributed by atoms with Crippen LogP contribution in [0.4, 0.5) is 0 Å². The molecule has 0 heterocycles. The third-order valence-electron chi connectivity index (χ3n) is 2.31. The second-order valence-electron chi connectivity index (χ2n) is 3.88. The molecule has 0 fully saturated rings. The van der Waals surface area contributed by atoms with Gasteiger partial charge in [0.25, 0.3) is 0 Å². The van der Waals surface area contributed by atoms with Crippen molar-refractivity contribution in [2.24, 2.45) is 0 Å². The first-order valence-electron chi connectivity index (χ1n) is 4.82. The summed E-state index contributed by atoms with van der Waals surface area (Å²) in [7, 11) is 1.59. The Bertz CT molecular complexity index is 338. The van der Waals surface area contributed by atoms with Gasteiger partial charge in [0.1, 0.15) is 11.5 Å². The van der Waals surface area contributed by atoms with Gasteiger partial charge in [0.2, 0.25) is 0 Å². The monoisotopic (exact) mass is 208 g/mol. The highest BCUT2D eigenvalue weighted by atomic mass is 16.5. The van der Waals surface area contributed by atoms with Crippen LogP contribution in [-0.2, 0) is 10.4 Å². The molecule has 0 spiro atoms. The first-order valence-corrected chi connectivity index (χ1v) is 4.82. The van der Waals surface area contributed by atoms with Crippen LogP contribution in [0.15, 0.2) is 24.3 Å². The van der Waals surface area contributed by atoms with Crippen molar-refractivity contribution >= 4 is 5.78 Å². The molecule has 1 atom stereocenters. The Morgan fingerprint density at radius 2 is 1.93 bits per heavy atom. The average Bonchev–Trinajstić information content (AvgIpc) is 2.16. The van der Waals surface area contributed by atoms with Crippen molar-refractivity contribution < 1.29 is 14.6 Å². The fraction of sp³-hybridized carbons (Fsp3) is 0.417. The van der Waals surface area contributed by atoms with Crippen LogP contribution in [-0.4, -0.2) is 18.0 Å². The van der Waals surface area contributed by atoms with E-state index < -0.39 is 5.60 Å². The van der Waals surface area contributed by atoms with Gasteiger partial charge in [-0.1, -0.05) is 12.1 Å². The summed E-state index contributed by atoms with van der Waals surface area (Å²) in [5.41, 5.74) is -0.378. The van der Waals surface area contributed by atoms with Gasteiger partial charge in [-0.15, -0.1) is 0 Å². The van der Waals surface area contributed by atoms with E-state index in [2.05, 4.69) is 0 Å². The molecule has 0 amide bonds. The van der Waals surface area contributed by atoms with E-state index in [1.165, 1.54) is 6.92 Å². The van der Waals surface area contributed by atoms with Crippen LogP contribution < -0.4 is 4.74 Å². The van der Waals surface area contributed by atoms with Gasteiger partial charge in [0.15, 0.2) is 0 Å². The summed E-state index contributed by atoms with van der Waals surface area (Å²) in [5.74, 6) is 0.702. The van der Waals surface area contributed by atoms with E-state index in [4.69, 9.17) is 4.74 Å². The minimum Gasteiger partial charge on any atom is -0.497 e. The van der Waals surface area contributed by atoms with Crippen LogP contribution >= 0.6 is 0 Å². The largest absolute Gasteiger partial charge is 0.497 e. The molecule has 0 bridgehead atoms. The first-order chi connectivity index (χ1) is 6.95. The van der Waals surface area contributed by atoms with E-state index in [0.29, 0.717) is 0 Å². The smallest absolute Gasteiger partial charge is 0.133 e. The van der Waals surface area contributed by atoms with Gasteiger partial charge < -0.3 is 9.84 Å². The van der Waals surface area contributed by atoms with Gasteiger partial charge in [-0.25, -0.2) is 0 Å². The third-order valence-corrected chi connectivity index (χ3v) is 2.31. The van der Waals surface area contributed by atoms with E-state index in [0.717, 1.165) is 11.3 Å². The van der Waals surface area contributed by atoms with Crippen LogP contribution in [0.3, 0.4) is 0 Å². The minimum absolute atomic E-state index is 0.0316. The third kappa shape index (κ3) is 3.06. The molecule has 0 aromatic heterocycles. The lowest BCUT2D eigenvalue weighted by molar-refractivity contribution is -0.121. The van der Waals surface area contributed by atoms with Gasteiger partial charge in [-0.2, -0.15) is 0 Å². The predicted molar refractivity (Wildman–Crippen MR) is 57.9 cm³/mol. The van der Waals surface area contributed by atoms with E-state index >= 15 is 0 Å². The zero-order chi connectivity index (χ0) is 11.5. The van der Waals surface area contributed by atoms with Gasteiger partial charge in [-0.3, -0.25) is 4.79 Å². The SMILES string of the molecule is COc1ccc([C@@](C)(O)CC(C)=O)cc1. The Balaban J connectivity index is 2.89. The predicted octanol–water partition coefficient (Wildman–Crippen LogP) is 1.88. The Kier molecular flexibility index (Phi) is 3.48. The van der Waals surface area contributed by atoms with E-state index in [1.807, 2.05) is 0 Å². The molecular formula is C12H16O3. The molecule has 0 aliphatic rings. The van der Waals surface area contributed by atoms with E-state index in [1.54, 1.807) is 38.3 Å². The molecule has 0 unspecified atom stereocenters. The fourth-order valence-electron chi connectivity index (χ4n) is 1.54. The van der Waals surface area contributed by atoms with Crippen molar-refractivity contribution in [1.29, 1.82) is 0 Å². The Morgan fingerprint density at radius 3 is 2.33 bits per heavy atom. The number of Topliss-reactive ketones (excluding diaryl/α,β-unsaturated/α-hetero) is 1. The molecule has 1 N–H and O–H groups in total. The summed E-state index contributed by atoms with van der Waals surface area (Å²) >= 11 is 0. The zero-order valence-corrected chi connectivity index (χ0v) is 9.28. The molecule has 82 valence electrons. The molecule has 3 heteroatoms. The summed E-state index contributed by atoms with van der Waals surface area (Å²) in [6, 6.07) is 7.07. The molecule has 1 aromatic rings. The Morgan fingerprint density at radius 1 is 1.40 bits per heavy atom. The number of ether oxygens (including phenoxy) is 1. The van der Waals surface area contributed by atoms with E-state index in [9.17, 15) is 9.90 Å². The number of methoxy groups -OCH3 is 1. The van der Waals surface area contributed by atoms with E-state index in [-0.39, 0.29) is 12.2 Å². The lowest BCUT2D eigenvalue weighted by Gasteiger charge is -2.22. The topological polar surface area (TPSA) is 46.5 Å². The molecule has 0 saturated heterocycles. The molecule has 0 aliphatic carbocycles. The van der Waals surface area contributed by atoms with Gasteiger partial charge in [0.05, 0.1) is 12.7 Å². The molecule has 3 nitrogen and oxygen atoms in total. The van der Waals surface area contributed by atoms with Crippen LogP contribution in [0.1, 0.15) is 25.8 Å². The maximum atomic E-state index is 11.0. The lowest BCUT2D eigenvalue weighted by Crippen LogP contribution is -2.23. The zero-order valence-electron chi connectivity index (χ0n) is 9.28. The molecule has 0 saturated carbocycles. The number of hydrogen-bond acceptors (Lipinski definition) is 3. The number of hydrogen-bond donors (Lipinski definition) is 1. The van der Waals surface area contributed by atoms with Crippen molar-refractivity contribution in [3.05, 3.63) is 29.8 Å². The van der Waals surface area contributed by atoms with Crippen LogP contribution in [0, 0.1) is 0 Å². The highest BCUT2D eigenvalue weighted by Gasteiger charge is 2.24. The summed E-state index contributed by atoms with van der Waals surface area (Å²) in [4.78, 5) is 11.0. The van der Waals surface area contributed by atoms with Crippen LogP contribution in [0.2, 0.25) is 0 Å². The number of benzene rings is 1. The quantitative estimate of drug-likeness (QED) is 0.821. The van der Waals surface area contributed by atoms with Crippen molar-refractivity contribution in [2.75, 3.05) is 7.11 Å². The van der Waals surface area contributed by atoms with Crippen LogP contribution in [0.5, 0.6) is 5.75 Å². The first kappa shape index (κ1) is 11.7. The standard InChI is InChI=1S/C12H16O3/c1-9(13)8-12(2,14)10-4-6-11(15-3)7-5-10/h4-7,14H,8H2,1-3H3/t12-/m0/s1. The molecular weight excluding hydrogens is 192 g/mol. The summed E-state index contributed by atoms with van der Waals surface area (Å²) < 4.78 is 5.01. The molecule has 0 aliphatic heterocycles. The number of carbonyl (C=O) groups is 1. The molecule has 1 rings (SSSR count). The van der Waals surface area contributed by atoms with Crippen molar-refractivity contribution in [1.82, 2.24) is 0 Å². The Hall–Kier alpha value is -1.35. The highest BCUT2D eigenvalue weighted by Crippen LogP contribution is 2.26. The van der Waals surface area contributed by atoms with Gasteiger partial charge in [0, 0.05) is 6.42 Å². The normalized spacial score (nSPS) is 14.4. The molecule has 0 radical (unpaired) electrons. The number of rotatable bonds is 4. The number of ketones is 1. The van der Waals surface area contributed by atoms with Gasteiger partial charge >= 0.3 is 0 Å². The maximum absolute atomic E-state index is 11.0. The van der Waals surface area contributed by atoms with Crippen LogP contribution in [0.25, 0.3) is 0 Å². The Labute approximate surface area is 89.7 Å². The molecule has 15 heavy (non-hydrogen) atoms. The summed E-state index contributed by atoms with van der Waals surface area (Å²) in [6.07, 6.45) is 0.124. The van der Waals surface area contributed by atoms with Crippen molar-refractivity contribution in [3.8, 4) is 5.75 Å². The average molecular weight is 208 g/mol. The summed E-state index contributed by atoms with van der Waals surface area (Å²) in [6.45, 7) is 3.11. The lowest BCUT2D eigenvalue weighted by atomic mass is 9.91. The minimum atomic E-state index is -1.10. The summed E-state index contributed by atoms with van der Waals surface area (Å²) in [5, 5.41) is 10.1. The van der Waals surface area contributed by atoms with Crippen molar-refractivity contribution in [2.45, 2.75) is 25.9 Å². The molecule has 1 aromatic carbocycles. The second kappa shape index (κ2) is 4.45. The van der Waals surface area contributed by atoms with Crippen molar-refractivity contribution in [3.63, 3.8) is 0 Å². The fourth-order valence-corrected chi connectivity index (χ4v) is 1.54. The van der Waals surface area contributed by atoms with Gasteiger partial charge in [-0.05, 0) is 31.5 Å². The second-order valence-corrected chi connectivity index (χ2v) is 3.88. The number of carbonyl (C=O) groups excluding carboxylic acids is 1.